The number of carbonyl (C=O) groups is 2. The predicted molar refractivity (Wildman–Crippen MR) is 70.8 cm³/mol. The molecule has 0 unspecified atom stereocenters. The molecule has 0 spiro atoms. The van der Waals surface area contributed by atoms with Gasteiger partial charge in [-0.1, -0.05) is 18.5 Å². The Balaban J connectivity index is 2.39. The number of carboxylic acid groups (broad SMARTS) is 1. The van der Waals surface area contributed by atoms with E-state index in [1.807, 2.05) is 0 Å². The molecular formula is C11H13ClN2O3S. The molecule has 1 heterocycles. The molecule has 1 atom stereocenters. The van der Waals surface area contributed by atoms with Crippen molar-refractivity contribution in [3.8, 4) is 0 Å². The molecule has 0 aliphatic heterocycles. The summed E-state index contributed by atoms with van der Waals surface area (Å²) in [7, 11) is 0. The van der Waals surface area contributed by atoms with Crippen LogP contribution in [0.3, 0.4) is 0 Å². The van der Waals surface area contributed by atoms with Crippen molar-refractivity contribution in [3.05, 3.63) is 21.3 Å². The first-order valence-corrected chi connectivity index (χ1v) is 6.44. The van der Waals surface area contributed by atoms with Crippen LogP contribution in [-0.4, -0.2) is 29.2 Å². The van der Waals surface area contributed by atoms with E-state index < -0.39 is 5.97 Å². The summed E-state index contributed by atoms with van der Waals surface area (Å²) < 4.78 is 0.542. The molecule has 0 aromatic carbocycles. The second kappa shape index (κ2) is 6.51. The fourth-order valence-corrected chi connectivity index (χ4v) is 2.26. The van der Waals surface area contributed by atoms with Gasteiger partial charge in [0.1, 0.15) is 5.71 Å². The molecule has 1 amide bonds. The number of halogens is 1. The summed E-state index contributed by atoms with van der Waals surface area (Å²) in [6.45, 7) is 2.10. The Hall–Kier alpha value is -1.40. The Morgan fingerprint density at radius 3 is 2.72 bits per heavy atom. The van der Waals surface area contributed by atoms with E-state index in [0.29, 0.717) is 15.8 Å². The van der Waals surface area contributed by atoms with E-state index in [9.17, 15) is 9.59 Å². The largest absolute Gasteiger partial charge is 0.477 e. The quantitative estimate of drug-likeness (QED) is 0.701. The van der Waals surface area contributed by atoms with Crippen molar-refractivity contribution in [2.45, 2.75) is 13.3 Å². The van der Waals surface area contributed by atoms with E-state index in [-0.39, 0.29) is 24.0 Å². The third-order valence-electron chi connectivity index (χ3n) is 2.22. The average Bonchev–Trinajstić information content (AvgIpc) is 2.72. The molecule has 1 aromatic heterocycles. The first kappa shape index (κ1) is 14.7. The van der Waals surface area contributed by atoms with Gasteiger partial charge in [0, 0.05) is 13.0 Å². The number of aliphatic carboxylic acids is 1. The van der Waals surface area contributed by atoms with E-state index >= 15 is 0 Å². The summed E-state index contributed by atoms with van der Waals surface area (Å²) >= 11 is 6.90. The van der Waals surface area contributed by atoms with Crippen LogP contribution in [0.25, 0.3) is 0 Å². The molecule has 0 saturated carbocycles. The molecule has 5 nitrogen and oxygen atoms in total. The Morgan fingerprint density at radius 1 is 1.56 bits per heavy atom. The summed E-state index contributed by atoms with van der Waals surface area (Å²) in [5.41, 5.74) is -0.351. The molecule has 0 bridgehead atoms. The molecule has 7 heteroatoms. The molecule has 0 saturated heterocycles. The summed E-state index contributed by atoms with van der Waals surface area (Å²) in [6, 6.07) is 3.27. The summed E-state index contributed by atoms with van der Waals surface area (Å²) in [6.07, 6.45) is 0.126. The van der Waals surface area contributed by atoms with E-state index in [2.05, 4.69) is 5.32 Å². The molecule has 1 aromatic rings. The number of hydrogen-bond donors (Lipinski definition) is 3. The highest BCUT2D eigenvalue weighted by atomic mass is 35.5. The zero-order valence-corrected chi connectivity index (χ0v) is 11.3. The fraction of sp³-hybridized carbons (Fsp3) is 0.364. The first-order chi connectivity index (χ1) is 8.40. The van der Waals surface area contributed by atoms with Crippen LogP contribution in [0, 0.1) is 11.3 Å². The Kier molecular flexibility index (Phi) is 5.30. The second-order valence-corrected chi connectivity index (χ2v) is 5.62. The van der Waals surface area contributed by atoms with Crippen molar-refractivity contribution < 1.29 is 14.7 Å². The van der Waals surface area contributed by atoms with E-state index in [1.54, 1.807) is 19.1 Å². The van der Waals surface area contributed by atoms with Gasteiger partial charge in [-0.05, 0) is 18.1 Å². The topological polar surface area (TPSA) is 90.3 Å². The highest BCUT2D eigenvalue weighted by Crippen LogP contribution is 2.21. The van der Waals surface area contributed by atoms with Crippen molar-refractivity contribution >= 4 is 40.5 Å². The highest BCUT2D eigenvalue weighted by Gasteiger charge is 2.14. The number of hydrogen-bond acceptors (Lipinski definition) is 4. The van der Waals surface area contributed by atoms with E-state index in [0.717, 1.165) is 0 Å². The van der Waals surface area contributed by atoms with Crippen LogP contribution in [0.15, 0.2) is 12.1 Å². The second-order valence-electron chi connectivity index (χ2n) is 3.91. The van der Waals surface area contributed by atoms with Crippen molar-refractivity contribution in [2.24, 2.45) is 5.92 Å². The molecule has 0 aliphatic carbocycles. The minimum Gasteiger partial charge on any atom is -0.477 e. The number of thiophene rings is 1. The Bertz CT molecular complexity index is 473. The van der Waals surface area contributed by atoms with Gasteiger partial charge in [0.05, 0.1) is 9.21 Å². The molecule has 0 fully saturated rings. The normalized spacial score (nSPS) is 11.9. The van der Waals surface area contributed by atoms with Crippen molar-refractivity contribution in [1.82, 2.24) is 5.32 Å². The van der Waals surface area contributed by atoms with Gasteiger partial charge >= 0.3 is 5.97 Å². The van der Waals surface area contributed by atoms with Gasteiger partial charge in [0.25, 0.3) is 5.91 Å². The minimum absolute atomic E-state index is 0.104. The van der Waals surface area contributed by atoms with E-state index in [4.69, 9.17) is 22.1 Å². The summed E-state index contributed by atoms with van der Waals surface area (Å²) in [4.78, 5) is 22.6. The molecule has 98 valence electrons. The van der Waals surface area contributed by atoms with Crippen LogP contribution < -0.4 is 5.32 Å². The maximum atomic E-state index is 11.7. The zero-order chi connectivity index (χ0) is 13.7. The smallest absolute Gasteiger partial charge is 0.349 e. The van der Waals surface area contributed by atoms with Crippen molar-refractivity contribution in [2.75, 3.05) is 6.54 Å². The Labute approximate surface area is 113 Å². The minimum atomic E-state index is -1.22. The van der Waals surface area contributed by atoms with Crippen molar-refractivity contribution in [1.29, 1.82) is 5.41 Å². The average molecular weight is 289 g/mol. The van der Waals surface area contributed by atoms with Gasteiger partial charge in [0.15, 0.2) is 0 Å². The highest BCUT2D eigenvalue weighted by molar-refractivity contribution is 7.17. The molecule has 0 radical (unpaired) electrons. The van der Waals surface area contributed by atoms with Gasteiger partial charge in [-0.3, -0.25) is 10.2 Å². The number of amides is 1. The third kappa shape index (κ3) is 4.46. The number of carboxylic acids is 1. The van der Waals surface area contributed by atoms with Gasteiger partial charge in [-0.2, -0.15) is 0 Å². The Morgan fingerprint density at radius 2 is 2.22 bits per heavy atom. The first-order valence-electron chi connectivity index (χ1n) is 5.24. The van der Waals surface area contributed by atoms with Crippen LogP contribution in [0.1, 0.15) is 23.0 Å². The lowest BCUT2D eigenvalue weighted by atomic mass is 10.0. The number of nitrogens with one attached hydrogen (secondary N) is 2. The molecule has 18 heavy (non-hydrogen) atoms. The lowest BCUT2D eigenvalue weighted by molar-refractivity contribution is -0.129. The maximum absolute atomic E-state index is 11.7. The standard InChI is InChI=1S/C11H13ClN2O3S/c1-6(4-7(13)11(16)17)5-14-10(15)8-2-3-9(12)18-8/h2-3,6,13H,4-5H2,1H3,(H,14,15)(H,16,17)/t6-/m1/s1. The van der Waals surface area contributed by atoms with Crippen LogP contribution in [-0.2, 0) is 4.79 Å². The molecule has 3 N–H and O–H groups in total. The number of rotatable bonds is 6. The maximum Gasteiger partial charge on any atom is 0.349 e. The number of carbonyl (C=O) groups excluding carboxylic acids is 1. The van der Waals surface area contributed by atoms with Gasteiger partial charge < -0.3 is 10.4 Å². The van der Waals surface area contributed by atoms with Gasteiger partial charge in [-0.15, -0.1) is 11.3 Å². The van der Waals surface area contributed by atoms with Crippen LogP contribution in [0.4, 0.5) is 0 Å². The van der Waals surface area contributed by atoms with Crippen LogP contribution in [0.2, 0.25) is 4.34 Å². The molecule has 0 aliphatic rings. The van der Waals surface area contributed by atoms with Crippen molar-refractivity contribution in [3.63, 3.8) is 0 Å². The lowest BCUT2D eigenvalue weighted by Crippen LogP contribution is -2.29. The van der Waals surface area contributed by atoms with Gasteiger partial charge in [-0.25, -0.2) is 4.79 Å². The third-order valence-corrected chi connectivity index (χ3v) is 3.45. The SMILES string of the molecule is C[C@@H](CNC(=O)c1ccc(Cl)s1)CC(=N)C(=O)O. The molecule has 1 rings (SSSR count). The predicted octanol–water partition coefficient (Wildman–Crippen LogP) is 2.26. The molecular weight excluding hydrogens is 276 g/mol. The van der Waals surface area contributed by atoms with Gasteiger partial charge in [0.2, 0.25) is 0 Å². The lowest BCUT2D eigenvalue weighted by Gasteiger charge is -2.11. The van der Waals surface area contributed by atoms with E-state index in [1.165, 1.54) is 11.3 Å². The van der Waals surface area contributed by atoms with Crippen LogP contribution in [0.5, 0.6) is 0 Å². The fourth-order valence-electron chi connectivity index (χ4n) is 1.30. The summed E-state index contributed by atoms with van der Waals surface area (Å²) in [5, 5.41) is 18.4. The monoisotopic (exact) mass is 288 g/mol. The van der Waals surface area contributed by atoms with Crippen LogP contribution >= 0.6 is 22.9 Å². The zero-order valence-electron chi connectivity index (χ0n) is 9.70. The summed E-state index contributed by atoms with van der Waals surface area (Å²) in [5.74, 6) is -1.56.